The summed E-state index contributed by atoms with van der Waals surface area (Å²) in [4.78, 5) is 0. The van der Waals surface area contributed by atoms with Crippen LogP contribution in [0.5, 0.6) is 5.75 Å². The summed E-state index contributed by atoms with van der Waals surface area (Å²) in [5.74, 6) is 0.885. The maximum atomic E-state index is 5.47. The summed E-state index contributed by atoms with van der Waals surface area (Å²) in [6.45, 7) is 4.17. The third-order valence-electron chi connectivity index (χ3n) is 2.26. The average Bonchev–Trinajstić information content (AvgIpc) is 2.26. The van der Waals surface area contributed by atoms with Crippen LogP contribution in [0.1, 0.15) is 0 Å². The van der Waals surface area contributed by atoms with E-state index in [1.54, 1.807) is 6.08 Å². The summed E-state index contributed by atoms with van der Waals surface area (Å²) in [6, 6.07) is 8.16. The summed E-state index contributed by atoms with van der Waals surface area (Å²) >= 11 is 0. The zero-order valence-corrected chi connectivity index (χ0v) is 8.81. The van der Waals surface area contributed by atoms with Gasteiger partial charge >= 0.3 is 0 Å². The van der Waals surface area contributed by atoms with E-state index in [0.717, 1.165) is 5.75 Å². The molecular weight excluding hydrogens is 186 g/mol. The molecule has 2 heteroatoms. The smallest absolute Gasteiger partial charge is 0.176 e. The Morgan fingerprint density at radius 2 is 2.20 bits per heavy atom. The normalized spacial score (nSPS) is 10.2. The SMILES string of the molecule is C=CCOc1ccc2c[n+](C)ccc2c1. The van der Waals surface area contributed by atoms with E-state index in [2.05, 4.69) is 24.9 Å². The zero-order chi connectivity index (χ0) is 10.7. The van der Waals surface area contributed by atoms with E-state index >= 15 is 0 Å². The molecule has 1 aromatic carbocycles. The number of aryl methyl sites for hydroxylation is 1. The standard InChI is InChI=1S/C13H14NO/c1-3-8-15-13-5-4-12-10-14(2)7-6-11(12)9-13/h3-7,9-10H,1,8H2,2H3/q+1. The van der Waals surface area contributed by atoms with Crippen LogP contribution < -0.4 is 9.30 Å². The first-order valence-electron chi connectivity index (χ1n) is 4.92. The number of nitrogens with zero attached hydrogens (tertiary/aromatic N) is 1. The van der Waals surface area contributed by atoms with Gasteiger partial charge in [0.15, 0.2) is 12.4 Å². The van der Waals surface area contributed by atoms with Crippen molar-refractivity contribution in [1.82, 2.24) is 0 Å². The zero-order valence-electron chi connectivity index (χ0n) is 8.81. The second kappa shape index (κ2) is 4.13. The topological polar surface area (TPSA) is 13.1 Å². The number of hydrogen-bond donors (Lipinski definition) is 0. The molecule has 0 fully saturated rings. The van der Waals surface area contributed by atoms with E-state index in [1.807, 2.05) is 29.9 Å². The molecule has 1 aromatic heterocycles. The fourth-order valence-electron chi connectivity index (χ4n) is 1.52. The molecule has 0 amide bonds. The Morgan fingerprint density at radius 1 is 1.33 bits per heavy atom. The predicted octanol–water partition coefficient (Wildman–Crippen LogP) is 2.23. The first-order chi connectivity index (χ1) is 7.29. The van der Waals surface area contributed by atoms with Crippen LogP contribution in [0, 0.1) is 0 Å². The molecule has 2 nitrogen and oxygen atoms in total. The van der Waals surface area contributed by atoms with E-state index in [0.29, 0.717) is 6.61 Å². The van der Waals surface area contributed by atoms with Crippen LogP contribution in [0.4, 0.5) is 0 Å². The number of benzene rings is 1. The molecule has 76 valence electrons. The molecule has 0 aliphatic carbocycles. The summed E-state index contributed by atoms with van der Waals surface area (Å²) in [5.41, 5.74) is 0. The Morgan fingerprint density at radius 3 is 3.00 bits per heavy atom. The number of aromatic nitrogens is 1. The van der Waals surface area contributed by atoms with E-state index in [-0.39, 0.29) is 0 Å². The lowest BCUT2D eigenvalue weighted by molar-refractivity contribution is -0.670. The lowest BCUT2D eigenvalue weighted by Crippen LogP contribution is -2.25. The van der Waals surface area contributed by atoms with Crippen molar-refractivity contribution in [3.8, 4) is 5.75 Å². The van der Waals surface area contributed by atoms with Crippen molar-refractivity contribution in [2.24, 2.45) is 7.05 Å². The molecule has 0 N–H and O–H groups in total. The van der Waals surface area contributed by atoms with Crippen molar-refractivity contribution in [2.45, 2.75) is 0 Å². The van der Waals surface area contributed by atoms with Gasteiger partial charge in [0.2, 0.25) is 0 Å². The van der Waals surface area contributed by atoms with Crippen molar-refractivity contribution < 1.29 is 9.30 Å². The minimum atomic E-state index is 0.548. The fraction of sp³-hybridized carbons (Fsp3) is 0.154. The van der Waals surface area contributed by atoms with Crippen molar-refractivity contribution in [3.63, 3.8) is 0 Å². The van der Waals surface area contributed by atoms with Gasteiger partial charge in [-0.1, -0.05) is 12.7 Å². The molecule has 0 radical (unpaired) electrons. The molecule has 2 rings (SSSR count). The van der Waals surface area contributed by atoms with Gasteiger partial charge in [-0.25, -0.2) is 4.57 Å². The van der Waals surface area contributed by atoms with Gasteiger partial charge in [-0.05, 0) is 23.6 Å². The van der Waals surface area contributed by atoms with Crippen LogP contribution in [-0.4, -0.2) is 6.61 Å². The first kappa shape index (κ1) is 9.71. The highest BCUT2D eigenvalue weighted by Crippen LogP contribution is 2.19. The Bertz CT molecular complexity index is 491. The van der Waals surface area contributed by atoms with Gasteiger partial charge in [0.25, 0.3) is 0 Å². The molecule has 0 atom stereocenters. The lowest BCUT2D eigenvalue weighted by atomic mass is 10.2. The third-order valence-corrected chi connectivity index (χ3v) is 2.26. The Hall–Kier alpha value is -1.83. The van der Waals surface area contributed by atoms with E-state index < -0.39 is 0 Å². The highest BCUT2D eigenvalue weighted by Gasteiger charge is 2.00. The maximum absolute atomic E-state index is 5.47. The summed E-state index contributed by atoms with van der Waals surface area (Å²) < 4.78 is 7.50. The summed E-state index contributed by atoms with van der Waals surface area (Å²) in [7, 11) is 2.02. The number of ether oxygens (including phenoxy) is 1. The van der Waals surface area contributed by atoms with Crippen LogP contribution in [0.25, 0.3) is 10.8 Å². The largest absolute Gasteiger partial charge is 0.490 e. The first-order valence-corrected chi connectivity index (χ1v) is 4.92. The second-order valence-electron chi connectivity index (χ2n) is 3.50. The predicted molar refractivity (Wildman–Crippen MR) is 60.8 cm³/mol. The Kier molecular flexibility index (Phi) is 2.68. The number of rotatable bonds is 3. The van der Waals surface area contributed by atoms with Gasteiger partial charge in [0.1, 0.15) is 19.4 Å². The van der Waals surface area contributed by atoms with E-state index in [9.17, 15) is 0 Å². The molecular formula is C13H14NO+. The lowest BCUT2D eigenvalue weighted by Gasteiger charge is -2.03. The molecule has 0 saturated heterocycles. The van der Waals surface area contributed by atoms with Gasteiger partial charge in [-0.15, -0.1) is 0 Å². The van der Waals surface area contributed by atoms with E-state index in [1.165, 1.54) is 10.8 Å². The minimum absolute atomic E-state index is 0.548. The van der Waals surface area contributed by atoms with Gasteiger partial charge < -0.3 is 4.74 Å². The molecule has 15 heavy (non-hydrogen) atoms. The molecule has 0 spiro atoms. The average molecular weight is 200 g/mol. The fourth-order valence-corrected chi connectivity index (χ4v) is 1.52. The van der Waals surface area contributed by atoms with Crippen LogP contribution in [0.2, 0.25) is 0 Å². The molecule has 0 unspecified atom stereocenters. The van der Waals surface area contributed by atoms with Crippen molar-refractivity contribution in [2.75, 3.05) is 6.61 Å². The molecule has 0 aliphatic rings. The van der Waals surface area contributed by atoms with Crippen LogP contribution in [0.15, 0.2) is 49.3 Å². The molecule has 2 aromatic rings. The van der Waals surface area contributed by atoms with Crippen molar-refractivity contribution in [1.29, 1.82) is 0 Å². The van der Waals surface area contributed by atoms with Crippen LogP contribution >= 0.6 is 0 Å². The minimum Gasteiger partial charge on any atom is -0.490 e. The maximum Gasteiger partial charge on any atom is 0.176 e. The number of hydrogen-bond acceptors (Lipinski definition) is 1. The Labute approximate surface area is 89.4 Å². The number of pyridine rings is 1. The van der Waals surface area contributed by atoms with Gasteiger partial charge in [0.05, 0.1) is 0 Å². The van der Waals surface area contributed by atoms with Gasteiger partial charge in [-0.2, -0.15) is 0 Å². The highest BCUT2D eigenvalue weighted by atomic mass is 16.5. The summed E-state index contributed by atoms with van der Waals surface area (Å²) in [5, 5.41) is 2.40. The molecule has 0 saturated carbocycles. The molecule has 0 aliphatic heterocycles. The van der Waals surface area contributed by atoms with Gasteiger partial charge in [0, 0.05) is 11.5 Å². The van der Waals surface area contributed by atoms with Crippen LogP contribution in [-0.2, 0) is 7.05 Å². The molecule has 1 heterocycles. The van der Waals surface area contributed by atoms with Crippen molar-refractivity contribution >= 4 is 10.8 Å². The monoisotopic (exact) mass is 200 g/mol. The van der Waals surface area contributed by atoms with Gasteiger partial charge in [-0.3, -0.25) is 0 Å². The summed E-state index contributed by atoms with van der Waals surface area (Å²) in [6.07, 6.45) is 5.86. The Balaban J connectivity index is 2.38. The number of fused-ring (bicyclic) bond motifs is 1. The third kappa shape index (κ3) is 2.15. The second-order valence-corrected chi connectivity index (χ2v) is 3.50. The van der Waals surface area contributed by atoms with Crippen LogP contribution in [0.3, 0.4) is 0 Å². The van der Waals surface area contributed by atoms with Crippen molar-refractivity contribution in [3.05, 3.63) is 49.3 Å². The quantitative estimate of drug-likeness (QED) is 0.547. The van der Waals surface area contributed by atoms with E-state index in [4.69, 9.17) is 4.74 Å². The highest BCUT2D eigenvalue weighted by molar-refractivity contribution is 5.82. The molecule has 0 bridgehead atoms.